The van der Waals surface area contributed by atoms with Crippen LogP contribution in [0.4, 0.5) is 13.2 Å². The molecule has 0 aliphatic rings. The summed E-state index contributed by atoms with van der Waals surface area (Å²) < 4.78 is 36.7. The summed E-state index contributed by atoms with van der Waals surface area (Å²) in [5, 5.41) is 11.9. The second-order valence-corrected chi connectivity index (χ2v) is 5.15. The van der Waals surface area contributed by atoms with Gasteiger partial charge in [-0.15, -0.1) is 0 Å². The number of aliphatic hydroxyl groups is 1. The fourth-order valence-electron chi connectivity index (χ4n) is 2.02. The Hall–Kier alpha value is -0.290. The molecule has 0 spiro atoms. The average molecular weight is 283 g/mol. The number of aliphatic hydroxyl groups excluding tert-OH is 1. The zero-order valence-electron chi connectivity index (χ0n) is 12.1. The lowest BCUT2D eigenvalue weighted by atomic mass is 10.0. The molecule has 0 aromatic heterocycles. The van der Waals surface area contributed by atoms with E-state index in [4.69, 9.17) is 5.11 Å². The van der Waals surface area contributed by atoms with Gasteiger partial charge in [-0.25, -0.2) is 0 Å². The summed E-state index contributed by atoms with van der Waals surface area (Å²) in [5.74, 6) is 0. The van der Waals surface area contributed by atoms with E-state index in [1.165, 1.54) is 0 Å². The Bertz CT molecular complexity index is 199. The third kappa shape index (κ3) is 10.2. The summed E-state index contributed by atoms with van der Waals surface area (Å²) in [6, 6.07) is 0.0927. The first-order valence-electron chi connectivity index (χ1n) is 7.40. The van der Waals surface area contributed by atoms with Crippen molar-refractivity contribution < 1.29 is 18.3 Å². The summed E-state index contributed by atoms with van der Waals surface area (Å²) in [5.41, 5.74) is 0. The van der Waals surface area contributed by atoms with Gasteiger partial charge in [0, 0.05) is 12.6 Å². The largest absolute Gasteiger partial charge is 0.415 e. The molecule has 0 aromatic carbocycles. The molecule has 2 nitrogen and oxygen atoms in total. The third-order valence-corrected chi connectivity index (χ3v) is 3.29. The maximum absolute atomic E-state index is 12.2. The number of hydrogen-bond donors (Lipinski definition) is 2. The molecule has 0 radical (unpaired) electrons. The first-order valence-corrected chi connectivity index (χ1v) is 7.40. The highest BCUT2D eigenvalue weighted by Crippen LogP contribution is 2.20. The van der Waals surface area contributed by atoms with E-state index in [1.54, 1.807) is 0 Å². The zero-order chi connectivity index (χ0) is 14.7. The summed E-state index contributed by atoms with van der Waals surface area (Å²) in [6.45, 7) is 3.81. The third-order valence-electron chi connectivity index (χ3n) is 3.29. The van der Waals surface area contributed by atoms with E-state index in [0.717, 1.165) is 51.4 Å². The Morgan fingerprint density at radius 2 is 1.42 bits per heavy atom. The fraction of sp³-hybridized carbons (Fsp3) is 1.00. The minimum absolute atomic E-state index is 0.0927. The van der Waals surface area contributed by atoms with Gasteiger partial charge in [-0.1, -0.05) is 52.4 Å². The van der Waals surface area contributed by atoms with Crippen LogP contribution >= 0.6 is 0 Å². The predicted octanol–water partition coefficient (Wildman–Crippen LogP) is 4.03. The first kappa shape index (κ1) is 18.7. The van der Waals surface area contributed by atoms with E-state index in [0.29, 0.717) is 0 Å². The van der Waals surface area contributed by atoms with Crippen LogP contribution in [-0.4, -0.2) is 30.0 Å². The molecule has 0 rings (SSSR count). The maximum Gasteiger partial charge on any atom is 0.415 e. The van der Waals surface area contributed by atoms with Crippen LogP contribution in [0.5, 0.6) is 0 Å². The van der Waals surface area contributed by atoms with Crippen LogP contribution < -0.4 is 5.32 Å². The first-order chi connectivity index (χ1) is 8.91. The van der Waals surface area contributed by atoms with Gasteiger partial charge >= 0.3 is 6.18 Å². The van der Waals surface area contributed by atoms with Crippen molar-refractivity contribution in [2.45, 2.75) is 83.5 Å². The monoisotopic (exact) mass is 283 g/mol. The summed E-state index contributed by atoms with van der Waals surface area (Å²) >= 11 is 0. The molecule has 1 atom stereocenters. The van der Waals surface area contributed by atoms with Crippen molar-refractivity contribution in [1.82, 2.24) is 5.32 Å². The number of unbranched alkanes of at least 4 members (excludes halogenated alkanes) is 4. The highest BCUT2D eigenvalue weighted by atomic mass is 19.4. The van der Waals surface area contributed by atoms with Gasteiger partial charge in [-0.3, -0.25) is 0 Å². The van der Waals surface area contributed by atoms with E-state index >= 15 is 0 Å². The number of hydrogen-bond acceptors (Lipinski definition) is 2. The molecule has 0 saturated carbocycles. The van der Waals surface area contributed by atoms with Gasteiger partial charge in [-0.05, 0) is 12.8 Å². The fourth-order valence-corrected chi connectivity index (χ4v) is 2.02. The molecule has 0 bridgehead atoms. The van der Waals surface area contributed by atoms with Gasteiger partial charge in [-0.2, -0.15) is 13.2 Å². The highest BCUT2D eigenvalue weighted by molar-refractivity contribution is 4.73. The molecule has 0 aliphatic heterocycles. The van der Waals surface area contributed by atoms with Crippen LogP contribution in [0.25, 0.3) is 0 Å². The highest BCUT2D eigenvalue weighted by Gasteiger charge is 2.37. The Labute approximate surface area is 114 Å². The van der Waals surface area contributed by atoms with Crippen molar-refractivity contribution in [3.05, 3.63) is 0 Å². The zero-order valence-corrected chi connectivity index (χ0v) is 12.1. The van der Waals surface area contributed by atoms with Crippen molar-refractivity contribution >= 4 is 0 Å². The van der Waals surface area contributed by atoms with Crippen molar-refractivity contribution in [2.75, 3.05) is 6.54 Å². The predicted molar refractivity (Wildman–Crippen MR) is 72.1 cm³/mol. The minimum atomic E-state index is -4.52. The van der Waals surface area contributed by atoms with E-state index in [-0.39, 0.29) is 6.04 Å². The lowest BCUT2D eigenvalue weighted by molar-refractivity contribution is -0.202. The minimum Gasteiger partial charge on any atom is -0.382 e. The van der Waals surface area contributed by atoms with E-state index < -0.39 is 18.8 Å². The van der Waals surface area contributed by atoms with Crippen LogP contribution in [0.2, 0.25) is 0 Å². The lowest BCUT2D eigenvalue weighted by Gasteiger charge is -2.22. The van der Waals surface area contributed by atoms with Crippen LogP contribution in [-0.2, 0) is 0 Å². The Balaban J connectivity index is 4.02. The molecule has 5 heteroatoms. The number of rotatable bonds is 11. The molecule has 1 unspecified atom stereocenters. The Kier molecular flexibility index (Phi) is 10.3. The number of halogens is 3. The van der Waals surface area contributed by atoms with Crippen molar-refractivity contribution in [1.29, 1.82) is 0 Å². The SMILES string of the molecule is CCCCCC(CCCCC)NCC(O)C(F)(F)F. The molecule has 0 amide bonds. The van der Waals surface area contributed by atoms with Gasteiger partial charge in [0.25, 0.3) is 0 Å². The van der Waals surface area contributed by atoms with Crippen molar-refractivity contribution in [3.63, 3.8) is 0 Å². The van der Waals surface area contributed by atoms with Gasteiger partial charge in [0.15, 0.2) is 6.10 Å². The van der Waals surface area contributed by atoms with Gasteiger partial charge in [0.1, 0.15) is 0 Å². The second kappa shape index (κ2) is 10.5. The molecule has 19 heavy (non-hydrogen) atoms. The van der Waals surface area contributed by atoms with E-state index in [2.05, 4.69) is 19.2 Å². The normalized spacial score (nSPS) is 14.1. The van der Waals surface area contributed by atoms with Crippen molar-refractivity contribution in [3.8, 4) is 0 Å². The Morgan fingerprint density at radius 3 is 1.79 bits per heavy atom. The summed E-state index contributed by atoms with van der Waals surface area (Å²) in [4.78, 5) is 0. The standard InChI is InChI=1S/C14H28F3NO/c1-3-5-7-9-12(10-8-6-4-2)18-11-13(19)14(15,16)17/h12-13,18-19H,3-11H2,1-2H3. The summed E-state index contributed by atoms with van der Waals surface area (Å²) in [7, 11) is 0. The molecule has 0 aliphatic carbocycles. The second-order valence-electron chi connectivity index (χ2n) is 5.15. The van der Waals surface area contributed by atoms with E-state index in [1.807, 2.05) is 0 Å². The molecule has 0 saturated heterocycles. The molecular weight excluding hydrogens is 255 g/mol. The molecule has 2 N–H and O–H groups in total. The van der Waals surface area contributed by atoms with Gasteiger partial charge < -0.3 is 10.4 Å². The summed E-state index contributed by atoms with van der Waals surface area (Å²) in [6.07, 6.45) is 1.48. The molecular formula is C14H28F3NO. The number of nitrogens with one attached hydrogen (secondary N) is 1. The quantitative estimate of drug-likeness (QED) is 0.561. The molecule has 0 heterocycles. The maximum atomic E-state index is 12.2. The molecule has 116 valence electrons. The van der Waals surface area contributed by atoms with E-state index in [9.17, 15) is 13.2 Å². The smallest absolute Gasteiger partial charge is 0.382 e. The number of alkyl halides is 3. The average Bonchev–Trinajstić information content (AvgIpc) is 2.34. The molecule has 0 aromatic rings. The van der Waals surface area contributed by atoms with Crippen LogP contribution in [0.15, 0.2) is 0 Å². The van der Waals surface area contributed by atoms with Crippen LogP contribution in [0, 0.1) is 0 Å². The van der Waals surface area contributed by atoms with Crippen molar-refractivity contribution in [2.24, 2.45) is 0 Å². The topological polar surface area (TPSA) is 32.3 Å². The lowest BCUT2D eigenvalue weighted by Crippen LogP contribution is -2.42. The Morgan fingerprint density at radius 1 is 0.947 bits per heavy atom. The van der Waals surface area contributed by atoms with Gasteiger partial charge in [0.05, 0.1) is 0 Å². The van der Waals surface area contributed by atoms with Crippen LogP contribution in [0.1, 0.15) is 65.2 Å². The van der Waals surface area contributed by atoms with Gasteiger partial charge in [0.2, 0.25) is 0 Å². The van der Waals surface area contributed by atoms with Crippen LogP contribution in [0.3, 0.4) is 0 Å². The molecule has 0 fully saturated rings.